The number of allylic oxidation sites excluding steroid dienone is 1. The van der Waals surface area contributed by atoms with Crippen molar-refractivity contribution in [2.75, 3.05) is 19.0 Å². The molecule has 0 radical (unpaired) electrons. The molecule has 0 saturated heterocycles. The van der Waals surface area contributed by atoms with Crippen molar-refractivity contribution < 1.29 is 4.74 Å². The van der Waals surface area contributed by atoms with Crippen molar-refractivity contribution in [1.82, 2.24) is 0 Å². The molecule has 0 aromatic heterocycles. The summed E-state index contributed by atoms with van der Waals surface area (Å²) in [6, 6.07) is 6.04. The third kappa shape index (κ3) is 5.26. The fraction of sp³-hybridized carbons (Fsp3) is 0.429. The number of halogens is 1. The zero-order chi connectivity index (χ0) is 12.5. The van der Waals surface area contributed by atoms with Gasteiger partial charge in [0, 0.05) is 12.2 Å². The molecule has 1 aromatic rings. The van der Waals surface area contributed by atoms with Gasteiger partial charge in [0.05, 0.1) is 11.6 Å². The Morgan fingerprint density at radius 1 is 1.35 bits per heavy atom. The Bertz CT molecular complexity index is 352. The molecule has 0 saturated carbocycles. The van der Waals surface area contributed by atoms with Crippen molar-refractivity contribution in [1.29, 1.82) is 0 Å². The summed E-state index contributed by atoms with van der Waals surface area (Å²) >= 11 is 3.47. The minimum atomic E-state index is 0.863. The van der Waals surface area contributed by atoms with Crippen LogP contribution in [0, 0.1) is 0 Å². The third-order valence-corrected chi connectivity index (χ3v) is 3.19. The highest BCUT2D eigenvalue weighted by atomic mass is 79.9. The van der Waals surface area contributed by atoms with Crippen LogP contribution in [-0.4, -0.2) is 13.7 Å². The number of rotatable bonds is 8. The van der Waals surface area contributed by atoms with E-state index in [1.54, 1.807) is 7.11 Å². The second-order valence-corrected chi connectivity index (χ2v) is 4.77. The molecule has 1 rings (SSSR count). The number of unbranched alkanes of at least 4 members (excludes halogenated alkanes) is 3. The van der Waals surface area contributed by atoms with Gasteiger partial charge in [-0.15, -0.1) is 6.58 Å². The van der Waals surface area contributed by atoms with E-state index in [-0.39, 0.29) is 0 Å². The normalized spacial score (nSPS) is 10.0. The molecule has 1 aromatic carbocycles. The van der Waals surface area contributed by atoms with Crippen LogP contribution in [0.25, 0.3) is 0 Å². The van der Waals surface area contributed by atoms with Crippen molar-refractivity contribution in [2.45, 2.75) is 25.7 Å². The molecule has 0 amide bonds. The van der Waals surface area contributed by atoms with Gasteiger partial charge in [0.25, 0.3) is 0 Å². The van der Waals surface area contributed by atoms with Gasteiger partial charge in [0.15, 0.2) is 0 Å². The van der Waals surface area contributed by atoms with Crippen LogP contribution in [0.15, 0.2) is 35.3 Å². The summed E-state index contributed by atoms with van der Waals surface area (Å²) in [4.78, 5) is 0. The van der Waals surface area contributed by atoms with Crippen molar-refractivity contribution in [3.05, 3.63) is 35.3 Å². The molecule has 0 aliphatic rings. The molecular formula is C14H20BrNO. The van der Waals surface area contributed by atoms with Crippen molar-refractivity contribution in [3.63, 3.8) is 0 Å². The highest BCUT2D eigenvalue weighted by Gasteiger charge is 2.00. The van der Waals surface area contributed by atoms with E-state index in [0.29, 0.717) is 0 Å². The molecule has 94 valence electrons. The second kappa shape index (κ2) is 8.18. The largest absolute Gasteiger partial charge is 0.496 e. The molecule has 2 nitrogen and oxygen atoms in total. The Hall–Kier alpha value is -0.960. The summed E-state index contributed by atoms with van der Waals surface area (Å²) in [5, 5.41) is 3.40. The lowest BCUT2D eigenvalue weighted by atomic mass is 10.2. The van der Waals surface area contributed by atoms with Gasteiger partial charge in [-0.2, -0.15) is 0 Å². The SMILES string of the molecule is C=CCCCCCNc1ccc(OC)c(Br)c1. The van der Waals surface area contributed by atoms with Crippen LogP contribution in [0.2, 0.25) is 0 Å². The van der Waals surface area contributed by atoms with Crippen LogP contribution >= 0.6 is 15.9 Å². The van der Waals surface area contributed by atoms with Crippen molar-refractivity contribution in [3.8, 4) is 5.75 Å². The molecular weight excluding hydrogens is 278 g/mol. The fourth-order valence-electron chi connectivity index (χ4n) is 1.60. The number of ether oxygens (including phenoxy) is 1. The molecule has 1 N–H and O–H groups in total. The van der Waals surface area contributed by atoms with Crippen molar-refractivity contribution in [2.24, 2.45) is 0 Å². The predicted octanol–water partition coefficient (Wildman–Crippen LogP) is 4.62. The molecule has 3 heteroatoms. The number of nitrogens with one attached hydrogen (secondary N) is 1. The van der Waals surface area contributed by atoms with Gasteiger partial charge in [0.1, 0.15) is 5.75 Å². The number of methoxy groups -OCH3 is 1. The Balaban J connectivity index is 2.27. The van der Waals surface area contributed by atoms with Crippen LogP contribution < -0.4 is 10.1 Å². The molecule has 0 fully saturated rings. The maximum absolute atomic E-state index is 5.19. The number of hydrogen-bond donors (Lipinski definition) is 1. The van der Waals surface area contributed by atoms with Crippen LogP contribution in [0.4, 0.5) is 5.69 Å². The summed E-state index contributed by atoms with van der Waals surface area (Å²) in [7, 11) is 1.67. The summed E-state index contributed by atoms with van der Waals surface area (Å²) in [5.74, 6) is 0.863. The first kappa shape index (κ1) is 14.1. The number of anilines is 1. The Labute approximate surface area is 112 Å². The lowest BCUT2D eigenvalue weighted by Gasteiger charge is -2.08. The monoisotopic (exact) mass is 297 g/mol. The average molecular weight is 298 g/mol. The van der Waals surface area contributed by atoms with Gasteiger partial charge in [-0.3, -0.25) is 0 Å². The van der Waals surface area contributed by atoms with E-state index >= 15 is 0 Å². The Morgan fingerprint density at radius 3 is 2.82 bits per heavy atom. The zero-order valence-corrected chi connectivity index (χ0v) is 11.9. The highest BCUT2D eigenvalue weighted by Crippen LogP contribution is 2.27. The van der Waals surface area contributed by atoms with Crippen LogP contribution in [0.5, 0.6) is 5.75 Å². The molecule has 0 aliphatic carbocycles. The minimum Gasteiger partial charge on any atom is -0.496 e. The van der Waals surface area contributed by atoms with Crippen LogP contribution in [0.3, 0.4) is 0 Å². The van der Waals surface area contributed by atoms with Crippen molar-refractivity contribution >= 4 is 21.6 Å². The first-order valence-corrected chi connectivity index (χ1v) is 6.75. The predicted molar refractivity (Wildman–Crippen MR) is 77.8 cm³/mol. The minimum absolute atomic E-state index is 0.863. The quantitative estimate of drug-likeness (QED) is 0.558. The van der Waals surface area contributed by atoms with Gasteiger partial charge < -0.3 is 10.1 Å². The van der Waals surface area contributed by atoms with Gasteiger partial charge in [0.2, 0.25) is 0 Å². The number of benzene rings is 1. The molecule has 0 spiro atoms. The lowest BCUT2D eigenvalue weighted by Crippen LogP contribution is -2.01. The molecule has 0 unspecified atom stereocenters. The maximum Gasteiger partial charge on any atom is 0.133 e. The molecule has 0 aliphatic heterocycles. The molecule has 0 atom stereocenters. The second-order valence-electron chi connectivity index (χ2n) is 3.91. The fourth-order valence-corrected chi connectivity index (χ4v) is 2.14. The van der Waals surface area contributed by atoms with Gasteiger partial charge in [-0.1, -0.05) is 12.5 Å². The summed E-state index contributed by atoms with van der Waals surface area (Å²) in [6.45, 7) is 4.73. The lowest BCUT2D eigenvalue weighted by molar-refractivity contribution is 0.412. The zero-order valence-electron chi connectivity index (χ0n) is 10.3. The highest BCUT2D eigenvalue weighted by molar-refractivity contribution is 9.10. The van der Waals surface area contributed by atoms with E-state index in [1.165, 1.54) is 19.3 Å². The van der Waals surface area contributed by atoms with E-state index < -0.39 is 0 Å². The Morgan fingerprint density at radius 2 is 2.18 bits per heavy atom. The topological polar surface area (TPSA) is 21.3 Å². The standard InChI is InChI=1S/C14H20BrNO/c1-3-4-5-6-7-10-16-12-8-9-14(17-2)13(15)11-12/h3,8-9,11,16H,1,4-7,10H2,2H3. The van der Waals surface area contributed by atoms with E-state index in [9.17, 15) is 0 Å². The summed E-state index contributed by atoms with van der Waals surface area (Å²) in [5.41, 5.74) is 1.13. The summed E-state index contributed by atoms with van der Waals surface area (Å²) in [6.07, 6.45) is 6.77. The first-order valence-electron chi connectivity index (χ1n) is 5.96. The van der Waals surface area contributed by atoms with E-state index in [2.05, 4.69) is 27.8 Å². The number of hydrogen-bond acceptors (Lipinski definition) is 2. The molecule has 0 bridgehead atoms. The van der Waals surface area contributed by atoms with Crippen LogP contribution in [0.1, 0.15) is 25.7 Å². The average Bonchev–Trinajstić information content (AvgIpc) is 2.34. The van der Waals surface area contributed by atoms with E-state index in [0.717, 1.165) is 28.9 Å². The summed E-state index contributed by atoms with van der Waals surface area (Å²) < 4.78 is 6.17. The molecule has 0 heterocycles. The van der Waals surface area contributed by atoms with Crippen LogP contribution in [-0.2, 0) is 0 Å². The Kier molecular flexibility index (Phi) is 6.78. The van der Waals surface area contributed by atoms with Gasteiger partial charge in [-0.25, -0.2) is 0 Å². The third-order valence-electron chi connectivity index (χ3n) is 2.57. The van der Waals surface area contributed by atoms with Gasteiger partial charge >= 0.3 is 0 Å². The molecule has 17 heavy (non-hydrogen) atoms. The smallest absolute Gasteiger partial charge is 0.133 e. The van der Waals surface area contributed by atoms with Gasteiger partial charge in [-0.05, 0) is 53.4 Å². The first-order chi connectivity index (χ1) is 8.27. The van der Waals surface area contributed by atoms with E-state index in [4.69, 9.17) is 4.74 Å². The maximum atomic E-state index is 5.19. The van der Waals surface area contributed by atoms with E-state index in [1.807, 2.05) is 24.3 Å².